The van der Waals surface area contributed by atoms with E-state index in [9.17, 15) is 14.6 Å². The fourth-order valence-electron chi connectivity index (χ4n) is 5.69. The third-order valence-corrected chi connectivity index (χ3v) is 6.96. The lowest BCUT2D eigenvalue weighted by atomic mass is 9.55. The molecule has 0 saturated heterocycles. The average molecular weight is 319 g/mol. The van der Waals surface area contributed by atoms with Crippen LogP contribution in [-0.4, -0.2) is 29.6 Å². The third-order valence-electron chi connectivity index (χ3n) is 6.96. The molecular formula is C19H25FO3. The first kappa shape index (κ1) is 15.3. The van der Waals surface area contributed by atoms with Crippen LogP contribution in [0.15, 0.2) is 12.1 Å². The molecule has 0 radical (unpaired) electrons. The number of hydrogen-bond acceptors (Lipinski definition) is 3. The zero-order valence-electron chi connectivity index (χ0n) is 13.8. The summed E-state index contributed by atoms with van der Waals surface area (Å²) in [5, 5.41) is 20.3. The van der Waals surface area contributed by atoms with Crippen LogP contribution in [-0.2, 0) is 6.42 Å². The molecule has 2 saturated carbocycles. The quantitative estimate of drug-likeness (QED) is 0.832. The van der Waals surface area contributed by atoms with Crippen LogP contribution in [0.5, 0.6) is 11.5 Å². The highest BCUT2D eigenvalue weighted by atomic mass is 18.2. The summed E-state index contributed by atoms with van der Waals surface area (Å²) in [6.45, 7) is 2.07. The minimum absolute atomic E-state index is 0.199. The van der Waals surface area contributed by atoms with Gasteiger partial charge in [-0.1, -0.05) is 6.92 Å². The number of methoxy groups -OCH3 is 1. The average Bonchev–Trinajstić information content (AvgIpc) is 2.77. The van der Waals surface area contributed by atoms with E-state index in [1.807, 2.05) is 12.1 Å². The van der Waals surface area contributed by atoms with Crippen LogP contribution in [0.4, 0.5) is 4.39 Å². The van der Waals surface area contributed by atoms with Crippen molar-refractivity contribution < 1.29 is 19.3 Å². The maximum absolute atomic E-state index is 14.2. The highest BCUT2D eigenvalue weighted by molar-refractivity contribution is 5.49. The van der Waals surface area contributed by atoms with Gasteiger partial charge in [-0.15, -0.1) is 0 Å². The van der Waals surface area contributed by atoms with E-state index in [1.54, 1.807) is 7.11 Å². The molecule has 2 fully saturated rings. The number of phenolic OH excluding ortho intramolecular Hbond substituents is 1. The van der Waals surface area contributed by atoms with Crippen LogP contribution in [0.25, 0.3) is 0 Å². The summed E-state index contributed by atoms with van der Waals surface area (Å²) in [5.41, 5.74) is 2.18. The smallest absolute Gasteiger partial charge is 0.160 e. The van der Waals surface area contributed by atoms with E-state index in [0.717, 1.165) is 25.7 Å². The fourth-order valence-corrected chi connectivity index (χ4v) is 5.69. The summed E-state index contributed by atoms with van der Waals surface area (Å²) in [6.07, 6.45) is 2.36. The van der Waals surface area contributed by atoms with Crippen molar-refractivity contribution in [1.29, 1.82) is 0 Å². The van der Waals surface area contributed by atoms with Crippen LogP contribution in [0.1, 0.15) is 49.7 Å². The van der Waals surface area contributed by atoms with Crippen LogP contribution in [0, 0.1) is 17.3 Å². The largest absolute Gasteiger partial charge is 0.504 e. The summed E-state index contributed by atoms with van der Waals surface area (Å²) in [4.78, 5) is 0. The summed E-state index contributed by atoms with van der Waals surface area (Å²) in [6, 6.07) is 3.81. The van der Waals surface area contributed by atoms with Crippen molar-refractivity contribution in [1.82, 2.24) is 0 Å². The summed E-state index contributed by atoms with van der Waals surface area (Å²) in [5.74, 6) is 1.78. The lowest BCUT2D eigenvalue weighted by molar-refractivity contribution is -0.0365. The van der Waals surface area contributed by atoms with Crippen molar-refractivity contribution in [2.75, 3.05) is 7.11 Å². The van der Waals surface area contributed by atoms with Crippen LogP contribution in [0.3, 0.4) is 0 Å². The molecule has 3 aliphatic carbocycles. The SMILES string of the molecule is COc1cc2c(cc1O)CC[C@@H]1[C@@H]2CC[C@]2(C)[C@@H](O)[C@H]([18F])C[C@@H]12. The number of benzene rings is 1. The minimum Gasteiger partial charge on any atom is -0.504 e. The van der Waals surface area contributed by atoms with E-state index in [4.69, 9.17) is 4.74 Å². The molecule has 0 bridgehead atoms. The second-order valence-corrected chi connectivity index (χ2v) is 7.88. The van der Waals surface area contributed by atoms with Gasteiger partial charge in [0, 0.05) is 0 Å². The number of aryl methyl sites for hydroxylation is 1. The van der Waals surface area contributed by atoms with Crippen molar-refractivity contribution in [3.63, 3.8) is 0 Å². The number of rotatable bonds is 1. The molecule has 1 aromatic rings. The third kappa shape index (κ3) is 2.03. The fraction of sp³-hybridized carbons (Fsp3) is 0.684. The highest BCUT2D eigenvalue weighted by Gasteiger charge is 2.58. The number of aromatic hydroxyl groups is 1. The molecule has 0 amide bonds. The number of aliphatic hydroxyl groups excluding tert-OH is 1. The molecule has 4 rings (SSSR count). The Kier molecular flexibility index (Phi) is 3.38. The van der Waals surface area contributed by atoms with E-state index in [-0.39, 0.29) is 17.1 Å². The normalized spacial score (nSPS) is 41.8. The topological polar surface area (TPSA) is 49.7 Å². The van der Waals surface area contributed by atoms with Crippen LogP contribution in [0.2, 0.25) is 0 Å². The van der Waals surface area contributed by atoms with Gasteiger partial charge in [0.25, 0.3) is 0 Å². The van der Waals surface area contributed by atoms with E-state index in [1.165, 1.54) is 11.1 Å². The van der Waals surface area contributed by atoms with Gasteiger partial charge >= 0.3 is 0 Å². The van der Waals surface area contributed by atoms with Crippen molar-refractivity contribution in [3.8, 4) is 11.5 Å². The van der Waals surface area contributed by atoms with E-state index in [0.29, 0.717) is 24.0 Å². The molecular weight excluding hydrogens is 294 g/mol. The first-order chi connectivity index (χ1) is 11.0. The van der Waals surface area contributed by atoms with E-state index >= 15 is 0 Å². The van der Waals surface area contributed by atoms with Gasteiger partial charge < -0.3 is 14.9 Å². The number of ether oxygens (including phenoxy) is 1. The second-order valence-electron chi connectivity index (χ2n) is 7.88. The molecule has 0 heterocycles. The summed E-state index contributed by atoms with van der Waals surface area (Å²) < 4.78 is 19.5. The van der Waals surface area contributed by atoms with Crippen molar-refractivity contribution >= 4 is 0 Å². The van der Waals surface area contributed by atoms with E-state index < -0.39 is 12.3 Å². The summed E-state index contributed by atoms with van der Waals surface area (Å²) in [7, 11) is 1.57. The number of hydrogen-bond donors (Lipinski definition) is 2. The molecule has 0 unspecified atom stereocenters. The van der Waals surface area contributed by atoms with Crippen molar-refractivity contribution in [2.24, 2.45) is 17.3 Å². The molecule has 3 nitrogen and oxygen atoms in total. The Hall–Kier alpha value is -1.29. The standard InChI is InChI=1S/C19H25FO3/c1-19-6-5-11-12(14(19)9-15(20)18(19)22)4-3-10-7-16(21)17(23-2)8-13(10)11/h7-8,11-12,14-15,18,21-22H,3-6,9H2,1-2H3/t11-,12+,14-,15+,18-,19-/m0/s1/i20-1. The monoisotopic (exact) mass is 319 g/mol. The summed E-state index contributed by atoms with van der Waals surface area (Å²) >= 11 is 0. The molecule has 23 heavy (non-hydrogen) atoms. The molecule has 0 aliphatic heterocycles. The predicted molar refractivity (Wildman–Crippen MR) is 85.6 cm³/mol. The lowest BCUT2D eigenvalue weighted by Gasteiger charge is -2.49. The van der Waals surface area contributed by atoms with Crippen LogP contribution < -0.4 is 4.74 Å². The first-order valence-corrected chi connectivity index (χ1v) is 8.67. The van der Waals surface area contributed by atoms with Gasteiger partial charge in [0.05, 0.1) is 13.2 Å². The predicted octanol–water partition coefficient (Wildman–Crippen LogP) is 3.57. The first-order valence-electron chi connectivity index (χ1n) is 8.67. The molecule has 1 aromatic carbocycles. The zero-order chi connectivity index (χ0) is 16.4. The van der Waals surface area contributed by atoms with Crippen LogP contribution >= 0.6 is 0 Å². The van der Waals surface area contributed by atoms with Gasteiger partial charge in [-0.3, -0.25) is 0 Å². The minimum atomic E-state index is -1.08. The Morgan fingerprint density at radius 1 is 1.30 bits per heavy atom. The Bertz CT molecular complexity index is 631. The van der Waals surface area contributed by atoms with Gasteiger partial charge in [0.1, 0.15) is 6.17 Å². The molecule has 0 aromatic heterocycles. The lowest BCUT2D eigenvalue weighted by Crippen LogP contribution is -2.44. The molecule has 4 heteroatoms. The highest BCUT2D eigenvalue weighted by Crippen LogP contribution is 2.61. The number of aliphatic hydroxyl groups is 1. The molecule has 3 aliphatic rings. The Labute approximate surface area is 136 Å². The molecule has 6 atom stereocenters. The number of phenols is 1. The number of halogens is 1. The maximum Gasteiger partial charge on any atom is 0.160 e. The molecule has 0 spiro atoms. The van der Waals surface area contributed by atoms with Gasteiger partial charge in [0.15, 0.2) is 11.5 Å². The van der Waals surface area contributed by atoms with Gasteiger partial charge in [-0.05, 0) is 78.5 Å². The molecule has 126 valence electrons. The van der Waals surface area contributed by atoms with Crippen molar-refractivity contribution in [2.45, 2.75) is 57.2 Å². The second kappa shape index (κ2) is 5.10. The molecule has 2 N–H and O–H groups in total. The Balaban J connectivity index is 1.72. The van der Waals surface area contributed by atoms with Gasteiger partial charge in [-0.2, -0.15) is 0 Å². The van der Waals surface area contributed by atoms with Crippen molar-refractivity contribution in [3.05, 3.63) is 23.3 Å². The Morgan fingerprint density at radius 2 is 2.09 bits per heavy atom. The van der Waals surface area contributed by atoms with E-state index in [2.05, 4.69) is 6.92 Å². The zero-order valence-corrected chi connectivity index (χ0v) is 13.8. The Morgan fingerprint density at radius 3 is 2.83 bits per heavy atom. The van der Waals surface area contributed by atoms with Gasteiger partial charge in [-0.25, -0.2) is 4.39 Å². The van der Waals surface area contributed by atoms with Gasteiger partial charge in [0.2, 0.25) is 0 Å². The maximum atomic E-state index is 14.2. The number of fused-ring (bicyclic) bond motifs is 5. The number of alkyl halides is 1.